The predicted octanol–water partition coefficient (Wildman–Crippen LogP) is 5.05. The summed E-state index contributed by atoms with van der Waals surface area (Å²) in [5, 5.41) is 12.0. The third-order valence-electron chi connectivity index (χ3n) is 5.60. The van der Waals surface area contributed by atoms with Crippen LogP contribution in [-0.4, -0.2) is 32.6 Å². The molecule has 0 aliphatic carbocycles. The molecule has 0 radical (unpaired) electrons. The quantitative estimate of drug-likeness (QED) is 0.410. The summed E-state index contributed by atoms with van der Waals surface area (Å²) in [6.07, 6.45) is 0. The molecule has 1 amide bonds. The molecular weight excluding hydrogens is 446 g/mol. The number of thioether (sulfide) groups is 1. The molecule has 5 rings (SSSR count). The van der Waals surface area contributed by atoms with E-state index in [1.54, 1.807) is 0 Å². The van der Waals surface area contributed by atoms with Gasteiger partial charge in [-0.15, -0.1) is 10.2 Å². The van der Waals surface area contributed by atoms with Crippen molar-refractivity contribution in [1.29, 1.82) is 0 Å². The van der Waals surface area contributed by atoms with E-state index >= 15 is 0 Å². The van der Waals surface area contributed by atoms with E-state index in [1.807, 2.05) is 97.4 Å². The van der Waals surface area contributed by atoms with Crippen molar-refractivity contribution in [3.05, 3.63) is 90.0 Å². The van der Waals surface area contributed by atoms with Gasteiger partial charge in [0.15, 0.2) is 5.82 Å². The number of nitrogens with one attached hydrogen (secondary N) is 2. The number of hydrogen-bond acceptors (Lipinski definition) is 6. The van der Waals surface area contributed by atoms with E-state index in [2.05, 4.69) is 20.9 Å². The fourth-order valence-corrected chi connectivity index (χ4v) is 4.95. The van der Waals surface area contributed by atoms with Gasteiger partial charge < -0.3 is 15.5 Å². The molecule has 1 aliphatic heterocycles. The zero-order valence-corrected chi connectivity index (χ0v) is 19.8. The highest BCUT2D eigenvalue weighted by molar-refractivity contribution is 8.00. The predicted molar refractivity (Wildman–Crippen MR) is 135 cm³/mol. The molecule has 34 heavy (non-hydrogen) atoms. The number of aryl methyl sites for hydroxylation is 1. The van der Waals surface area contributed by atoms with Crippen molar-refractivity contribution in [2.45, 2.75) is 30.3 Å². The fourth-order valence-electron chi connectivity index (χ4n) is 3.87. The lowest BCUT2D eigenvalue weighted by Gasteiger charge is -2.33. The molecule has 2 atom stereocenters. The molecule has 0 unspecified atom stereocenters. The van der Waals surface area contributed by atoms with Gasteiger partial charge in [-0.2, -0.15) is 0 Å². The normalized spacial score (nSPS) is 16.9. The minimum absolute atomic E-state index is 0.101. The van der Waals surface area contributed by atoms with Crippen LogP contribution in [0.4, 0.5) is 5.69 Å². The first-order valence-corrected chi connectivity index (χ1v) is 12.0. The van der Waals surface area contributed by atoms with Gasteiger partial charge in [0, 0.05) is 11.3 Å². The molecule has 3 aromatic carbocycles. The van der Waals surface area contributed by atoms with Crippen LogP contribution in [0.15, 0.2) is 84.0 Å². The van der Waals surface area contributed by atoms with Crippen LogP contribution in [0, 0.1) is 6.92 Å². The Morgan fingerprint density at radius 2 is 1.76 bits per heavy atom. The van der Waals surface area contributed by atoms with Crippen molar-refractivity contribution in [2.75, 3.05) is 17.3 Å². The van der Waals surface area contributed by atoms with Gasteiger partial charge in [-0.3, -0.25) is 4.79 Å². The summed E-state index contributed by atoms with van der Waals surface area (Å²) in [4.78, 5) is 13.4. The largest absolute Gasteiger partial charge is 0.494 e. The van der Waals surface area contributed by atoms with Crippen LogP contribution in [-0.2, 0) is 4.79 Å². The van der Waals surface area contributed by atoms with E-state index in [0.717, 1.165) is 28.1 Å². The number of anilines is 1. The monoisotopic (exact) mass is 471 g/mol. The first-order valence-electron chi connectivity index (χ1n) is 11.2. The lowest BCUT2D eigenvalue weighted by Crippen LogP contribution is -2.41. The Morgan fingerprint density at radius 1 is 1.03 bits per heavy atom. The molecular formula is C26H25N5O2S. The highest BCUT2D eigenvalue weighted by Crippen LogP contribution is 2.39. The summed E-state index contributed by atoms with van der Waals surface area (Å²) in [7, 11) is 0. The second-order valence-electron chi connectivity index (χ2n) is 8.01. The third-order valence-corrected chi connectivity index (χ3v) is 6.81. The van der Waals surface area contributed by atoms with Crippen LogP contribution in [0.3, 0.4) is 0 Å². The smallest absolute Gasteiger partial charge is 0.240 e. The van der Waals surface area contributed by atoms with Crippen LogP contribution in [0.5, 0.6) is 5.75 Å². The number of benzene rings is 3. The van der Waals surface area contributed by atoms with E-state index in [9.17, 15) is 4.79 Å². The van der Waals surface area contributed by atoms with Crippen molar-refractivity contribution in [1.82, 2.24) is 14.9 Å². The Bertz CT molecular complexity index is 1270. The molecule has 1 aliphatic rings. The second kappa shape index (κ2) is 9.61. The van der Waals surface area contributed by atoms with Gasteiger partial charge in [0.05, 0.1) is 12.6 Å². The van der Waals surface area contributed by atoms with E-state index in [1.165, 1.54) is 11.8 Å². The van der Waals surface area contributed by atoms with E-state index in [0.29, 0.717) is 17.6 Å². The van der Waals surface area contributed by atoms with Crippen LogP contribution in [0.25, 0.3) is 11.4 Å². The Hall–Kier alpha value is -3.78. The highest BCUT2D eigenvalue weighted by Gasteiger charge is 2.38. The molecule has 172 valence electrons. The summed E-state index contributed by atoms with van der Waals surface area (Å²) < 4.78 is 7.47. The third kappa shape index (κ3) is 4.49. The number of aromatic nitrogens is 3. The lowest BCUT2D eigenvalue weighted by molar-refractivity contribution is -0.116. The maximum absolute atomic E-state index is 13.4. The maximum atomic E-state index is 13.4. The van der Waals surface area contributed by atoms with E-state index < -0.39 is 5.25 Å². The molecule has 0 bridgehead atoms. The van der Waals surface area contributed by atoms with Crippen LogP contribution in [0.2, 0.25) is 0 Å². The average Bonchev–Trinajstić information content (AvgIpc) is 3.29. The number of hydrogen-bond donors (Lipinski definition) is 2. The number of nitrogens with zero attached hydrogens (tertiary/aromatic N) is 3. The fraction of sp³-hybridized carbons (Fsp3) is 0.192. The van der Waals surface area contributed by atoms with Crippen molar-refractivity contribution in [2.24, 2.45) is 0 Å². The topological polar surface area (TPSA) is 81.1 Å². The molecule has 1 aromatic heterocycles. The van der Waals surface area contributed by atoms with Gasteiger partial charge in [0.1, 0.15) is 11.0 Å². The highest BCUT2D eigenvalue weighted by atomic mass is 32.2. The molecule has 0 spiro atoms. The lowest BCUT2D eigenvalue weighted by atomic mass is 10.0. The van der Waals surface area contributed by atoms with Crippen LogP contribution >= 0.6 is 11.8 Å². The standard InChI is InChI=1S/C26H25N5O2S/c1-3-33-21-15-11-18(12-16-21)22-23(25(32)27-20-13-9-17(2)10-14-20)34-26-29-28-24(31(26)30-22)19-7-5-4-6-8-19/h4-16,22-23,30H,3H2,1-2H3,(H,27,32)/t22-,23+/m1/s1. The summed E-state index contributed by atoms with van der Waals surface area (Å²) in [6.45, 7) is 4.58. The molecule has 8 heteroatoms. The molecule has 2 N–H and O–H groups in total. The van der Waals surface area contributed by atoms with Crippen LogP contribution < -0.4 is 15.5 Å². The van der Waals surface area contributed by atoms with Gasteiger partial charge in [0.2, 0.25) is 11.1 Å². The Morgan fingerprint density at radius 3 is 2.47 bits per heavy atom. The van der Waals surface area contributed by atoms with Crippen molar-refractivity contribution in [3.8, 4) is 17.1 Å². The average molecular weight is 472 g/mol. The van der Waals surface area contributed by atoms with Crippen molar-refractivity contribution < 1.29 is 9.53 Å². The molecule has 4 aromatic rings. The Labute approximate surface area is 202 Å². The summed E-state index contributed by atoms with van der Waals surface area (Å²) in [5.74, 6) is 1.40. The Kier molecular flexibility index (Phi) is 6.22. The van der Waals surface area contributed by atoms with Gasteiger partial charge >= 0.3 is 0 Å². The molecule has 0 saturated heterocycles. The van der Waals surface area contributed by atoms with Crippen molar-refractivity contribution in [3.63, 3.8) is 0 Å². The molecule has 0 fully saturated rings. The maximum Gasteiger partial charge on any atom is 0.240 e. The molecule has 7 nitrogen and oxygen atoms in total. The zero-order chi connectivity index (χ0) is 23.5. The van der Waals surface area contributed by atoms with Crippen molar-refractivity contribution >= 4 is 23.4 Å². The summed E-state index contributed by atoms with van der Waals surface area (Å²) in [6, 6.07) is 25.2. The van der Waals surface area contributed by atoms with Gasteiger partial charge in [-0.25, -0.2) is 4.68 Å². The first kappa shape index (κ1) is 22.0. The number of ether oxygens (including phenoxy) is 1. The Balaban J connectivity index is 1.49. The first-order chi connectivity index (χ1) is 16.6. The van der Waals surface area contributed by atoms with Gasteiger partial charge in [0.25, 0.3) is 0 Å². The van der Waals surface area contributed by atoms with E-state index in [4.69, 9.17) is 4.74 Å². The second-order valence-corrected chi connectivity index (χ2v) is 9.12. The minimum atomic E-state index is -0.459. The number of carbonyl (C=O) groups excluding carboxylic acids is 1. The van der Waals surface area contributed by atoms with Gasteiger partial charge in [-0.1, -0.05) is 71.9 Å². The summed E-state index contributed by atoms with van der Waals surface area (Å²) >= 11 is 1.40. The number of amides is 1. The minimum Gasteiger partial charge on any atom is -0.494 e. The number of fused-ring (bicyclic) bond motifs is 1. The SMILES string of the molecule is CCOc1ccc([C@H]2Nn3c(nnc3-c3ccccc3)S[C@@H]2C(=O)Nc2ccc(C)cc2)cc1. The van der Waals surface area contributed by atoms with Gasteiger partial charge in [-0.05, 0) is 43.7 Å². The van der Waals surface area contributed by atoms with E-state index in [-0.39, 0.29) is 11.9 Å². The zero-order valence-electron chi connectivity index (χ0n) is 18.9. The molecule has 2 heterocycles. The number of carbonyl (C=O) groups is 1. The number of rotatable bonds is 6. The van der Waals surface area contributed by atoms with Crippen LogP contribution in [0.1, 0.15) is 24.1 Å². The molecule has 0 saturated carbocycles. The summed E-state index contributed by atoms with van der Waals surface area (Å²) in [5.41, 5.74) is 7.33.